The summed E-state index contributed by atoms with van der Waals surface area (Å²) < 4.78 is 6.52. The number of hydrogen-bond donors (Lipinski definition) is 2. The first-order valence-electron chi connectivity index (χ1n) is 5.92. The third kappa shape index (κ3) is 3.89. The fraction of sp³-hybridized carbons (Fsp3) is 0.500. The number of nitrogens with two attached hydrogens (primary N) is 1. The first-order valence-corrected chi connectivity index (χ1v) is 5.92. The second-order valence-corrected chi connectivity index (χ2v) is 3.89. The largest absolute Gasteiger partial charge is 0.461 e. The number of amides is 1. The van der Waals surface area contributed by atoms with Crippen molar-refractivity contribution in [3.05, 3.63) is 18.0 Å². The Balaban J connectivity index is 2.66. The zero-order valence-electron chi connectivity index (χ0n) is 10.7. The number of esters is 1. The van der Waals surface area contributed by atoms with Gasteiger partial charge in [0.2, 0.25) is 5.91 Å². The second kappa shape index (κ2) is 6.80. The Morgan fingerprint density at radius 2 is 2.22 bits per heavy atom. The highest BCUT2D eigenvalue weighted by Crippen LogP contribution is 2.14. The van der Waals surface area contributed by atoms with Crippen LogP contribution in [0.1, 0.15) is 30.3 Å². The van der Waals surface area contributed by atoms with Crippen LogP contribution in [0.3, 0.4) is 0 Å². The third-order valence-corrected chi connectivity index (χ3v) is 2.38. The van der Waals surface area contributed by atoms with Gasteiger partial charge < -0.3 is 20.4 Å². The number of aryl methyl sites for hydroxylation is 1. The van der Waals surface area contributed by atoms with Crippen molar-refractivity contribution in [2.24, 2.45) is 12.8 Å². The van der Waals surface area contributed by atoms with Crippen LogP contribution in [0, 0.1) is 0 Å². The Morgan fingerprint density at radius 3 is 2.83 bits per heavy atom. The van der Waals surface area contributed by atoms with Gasteiger partial charge in [-0.25, -0.2) is 4.79 Å². The molecular weight excluding hydrogens is 234 g/mol. The Kier molecular flexibility index (Phi) is 5.38. The quantitative estimate of drug-likeness (QED) is 0.737. The van der Waals surface area contributed by atoms with Gasteiger partial charge in [0, 0.05) is 19.7 Å². The molecule has 0 saturated heterocycles. The van der Waals surface area contributed by atoms with E-state index in [4.69, 9.17) is 10.5 Å². The zero-order chi connectivity index (χ0) is 13.5. The second-order valence-electron chi connectivity index (χ2n) is 3.89. The molecular formula is C12H19N3O3. The van der Waals surface area contributed by atoms with Crippen LogP contribution in [0.2, 0.25) is 0 Å². The lowest BCUT2D eigenvalue weighted by molar-refractivity contribution is -0.116. The maximum absolute atomic E-state index is 11.6. The van der Waals surface area contributed by atoms with Crippen LogP contribution >= 0.6 is 0 Å². The predicted octanol–water partition coefficient (Wildman–Crippen LogP) is 0.879. The number of nitrogens with one attached hydrogen (secondary N) is 1. The highest BCUT2D eigenvalue weighted by atomic mass is 16.5. The standard InChI is InChI=1S/C12H19N3O3/c1-3-18-12(17)10-7-9(8-15(10)2)14-11(16)5-4-6-13/h7-8H,3-6,13H2,1-2H3,(H,14,16). The summed E-state index contributed by atoms with van der Waals surface area (Å²) in [5.41, 5.74) is 6.32. The molecule has 0 bridgehead atoms. The number of nitrogens with zero attached hydrogens (tertiary/aromatic N) is 1. The average Bonchev–Trinajstić information content (AvgIpc) is 2.68. The molecule has 0 spiro atoms. The van der Waals surface area contributed by atoms with E-state index in [1.165, 1.54) is 0 Å². The smallest absolute Gasteiger partial charge is 0.355 e. The van der Waals surface area contributed by atoms with Crippen LogP contribution in [-0.4, -0.2) is 29.6 Å². The monoisotopic (exact) mass is 253 g/mol. The molecule has 0 unspecified atom stereocenters. The van der Waals surface area contributed by atoms with Gasteiger partial charge in [-0.15, -0.1) is 0 Å². The van der Waals surface area contributed by atoms with Crippen LogP contribution < -0.4 is 11.1 Å². The normalized spacial score (nSPS) is 10.2. The molecule has 100 valence electrons. The van der Waals surface area contributed by atoms with Crippen molar-refractivity contribution in [1.29, 1.82) is 0 Å². The molecule has 0 aliphatic carbocycles. The number of anilines is 1. The predicted molar refractivity (Wildman–Crippen MR) is 68.3 cm³/mol. The SMILES string of the molecule is CCOC(=O)c1cc(NC(=O)CCCN)cn1C. The van der Waals surface area contributed by atoms with Gasteiger partial charge >= 0.3 is 5.97 Å². The Hall–Kier alpha value is -1.82. The first kappa shape index (κ1) is 14.2. The number of carbonyl (C=O) groups is 2. The lowest BCUT2D eigenvalue weighted by atomic mass is 10.3. The Labute approximate surface area is 106 Å². The average molecular weight is 253 g/mol. The molecule has 1 heterocycles. The van der Waals surface area contributed by atoms with Crippen LogP contribution in [0.4, 0.5) is 5.69 Å². The van der Waals surface area contributed by atoms with E-state index in [9.17, 15) is 9.59 Å². The summed E-state index contributed by atoms with van der Waals surface area (Å²) in [6.07, 6.45) is 2.69. The number of rotatable bonds is 6. The van der Waals surface area contributed by atoms with E-state index < -0.39 is 5.97 Å². The van der Waals surface area contributed by atoms with Gasteiger partial charge in [-0.2, -0.15) is 0 Å². The fourth-order valence-corrected chi connectivity index (χ4v) is 1.53. The van der Waals surface area contributed by atoms with Crippen molar-refractivity contribution >= 4 is 17.6 Å². The van der Waals surface area contributed by atoms with Crippen LogP contribution in [-0.2, 0) is 16.6 Å². The van der Waals surface area contributed by atoms with Crippen LogP contribution in [0.25, 0.3) is 0 Å². The van der Waals surface area contributed by atoms with E-state index in [1.54, 1.807) is 30.8 Å². The zero-order valence-corrected chi connectivity index (χ0v) is 10.7. The molecule has 18 heavy (non-hydrogen) atoms. The van der Waals surface area contributed by atoms with Crippen molar-refractivity contribution < 1.29 is 14.3 Å². The highest BCUT2D eigenvalue weighted by Gasteiger charge is 2.13. The molecule has 3 N–H and O–H groups in total. The van der Waals surface area contributed by atoms with E-state index in [2.05, 4.69) is 5.32 Å². The van der Waals surface area contributed by atoms with Crippen molar-refractivity contribution in [3.63, 3.8) is 0 Å². The number of carbonyl (C=O) groups excluding carboxylic acids is 2. The minimum Gasteiger partial charge on any atom is -0.461 e. The molecule has 1 amide bonds. The topological polar surface area (TPSA) is 86.3 Å². The lowest BCUT2D eigenvalue weighted by Crippen LogP contribution is -2.12. The molecule has 0 aliphatic heterocycles. The third-order valence-electron chi connectivity index (χ3n) is 2.38. The summed E-state index contributed by atoms with van der Waals surface area (Å²) in [5.74, 6) is -0.510. The minimum absolute atomic E-state index is 0.110. The number of hydrogen-bond acceptors (Lipinski definition) is 4. The van der Waals surface area contributed by atoms with Crippen molar-refractivity contribution in [1.82, 2.24) is 4.57 Å². The highest BCUT2D eigenvalue weighted by molar-refractivity contribution is 5.94. The maximum atomic E-state index is 11.6. The van der Waals surface area contributed by atoms with E-state index in [-0.39, 0.29) is 5.91 Å². The van der Waals surface area contributed by atoms with Crippen LogP contribution in [0.5, 0.6) is 0 Å². The fourth-order valence-electron chi connectivity index (χ4n) is 1.53. The molecule has 1 aromatic rings. The summed E-state index contributed by atoms with van der Waals surface area (Å²) in [4.78, 5) is 23.1. The van der Waals surface area contributed by atoms with Crippen LogP contribution in [0.15, 0.2) is 12.3 Å². The van der Waals surface area contributed by atoms with Gasteiger partial charge in [0.25, 0.3) is 0 Å². The summed E-state index contributed by atoms with van der Waals surface area (Å²) >= 11 is 0. The molecule has 0 aromatic carbocycles. The molecule has 1 aromatic heterocycles. The molecule has 1 rings (SSSR count). The van der Waals surface area contributed by atoms with Gasteiger partial charge in [0.15, 0.2) is 0 Å². The Bertz CT molecular complexity index is 426. The number of aromatic nitrogens is 1. The first-order chi connectivity index (χ1) is 8.58. The van der Waals surface area contributed by atoms with E-state index in [1.807, 2.05) is 0 Å². The minimum atomic E-state index is -0.401. The van der Waals surface area contributed by atoms with Gasteiger partial charge in [0.05, 0.1) is 12.3 Å². The van der Waals surface area contributed by atoms with E-state index in [0.717, 1.165) is 0 Å². The molecule has 0 fully saturated rings. The molecule has 0 saturated carbocycles. The summed E-state index contributed by atoms with van der Waals surface area (Å²) in [6, 6.07) is 1.60. The van der Waals surface area contributed by atoms with E-state index >= 15 is 0 Å². The summed E-state index contributed by atoms with van der Waals surface area (Å²) in [5, 5.41) is 2.71. The van der Waals surface area contributed by atoms with Crippen molar-refractivity contribution in [2.75, 3.05) is 18.5 Å². The number of ether oxygens (including phenoxy) is 1. The molecule has 6 nitrogen and oxygen atoms in total. The van der Waals surface area contributed by atoms with Gasteiger partial charge in [-0.1, -0.05) is 0 Å². The van der Waals surface area contributed by atoms with Crippen molar-refractivity contribution in [3.8, 4) is 0 Å². The van der Waals surface area contributed by atoms with Gasteiger partial charge in [-0.05, 0) is 26.0 Å². The van der Waals surface area contributed by atoms with Crippen molar-refractivity contribution in [2.45, 2.75) is 19.8 Å². The van der Waals surface area contributed by atoms with Gasteiger partial charge in [0.1, 0.15) is 5.69 Å². The molecule has 0 atom stereocenters. The maximum Gasteiger partial charge on any atom is 0.355 e. The summed E-state index contributed by atoms with van der Waals surface area (Å²) in [6.45, 7) is 2.55. The van der Waals surface area contributed by atoms with Gasteiger partial charge in [-0.3, -0.25) is 4.79 Å². The lowest BCUT2D eigenvalue weighted by Gasteiger charge is -2.01. The molecule has 0 aliphatic rings. The Morgan fingerprint density at radius 1 is 1.50 bits per heavy atom. The van der Waals surface area contributed by atoms with E-state index in [0.29, 0.717) is 37.4 Å². The molecule has 6 heteroatoms. The summed E-state index contributed by atoms with van der Waals surface area (Å²) in [7, 11) is 1.72. The molecule has 0 radical (unpaired) electrons.